The number of rotatable bonds is 20. The lowest BCUT2D eigenvalue weighted by molar-refractivity contribution is -0.162. The fraction of sp³-hybridized carbons (Fsp3) is 0.147. The zero-order valence-electron chi connectivity index (χ0n) is 45.7. The number of halogens is 1. The van der Waals surface area contributed by atoms with E-state index in [2.05, 4.69) is 47.0 Å². The van der Waals surface area contributed by atoms with Gasteiger partial charge in [-0.1, -0.05) is 199 Å². The number of β-lactam (4-membered cyclic amide) rings is 1. The fourth-order valence-electron chi connectivity index (χ4n) is 10.9. The Morgan fingerprint density at radius 1 is 0.718 bits per heavy atom. The topological polar surface area (TPSA) is 149 Å². The SMILES string of the molecule is COc1ccc(COC(=O)C2(CSc3cc(=O)c4ccc(F)cc4s3)CS[C@@H]3C(NC(=O)C(=NOC(c4ccccc4)(c4ccccc4)c4ccccc4)c4csc(NC(c5ccccc5)(c5ccccc5)c5ccccc5)n4)C(=O)N3C2)cc1. The Bertz CT molecular complexity index is 3900. The highest BCUT2D eigenvalue weighted by atomic mass is 32.2. The highest BCUT2D eigenvalue weighted by molar-refractivity contribution is 8.01. The van der Waals surface area contributed by atoms with E-state index in [0.29, 0.717) is 25.2 Å². The van der Waals surface area contributed by atoms with Gasteiger partial charge < -0.3 is 29.8 Å². The molecule has 2 fully saturated rings. The molecule has 424 valence electrons. The van der Waals surface area contributed by atoms with E-state index < -0.39 is 51.6 Å². The average Bonchev–Trinajstić information content (AvgIpc) is 2.02. The number of ether oxygens (including phenoxy) is 2. The summed E-state index contributed by atoms with van der Waals surface area (Å²) < 4.78 is 26.8. The standard InChI is InChI=1S/C68H54FN5O7S4/c1-79-53-35-32-45(33-36-53)40-80-64(78)66(43-83-58-39-56(75)54-37-34-52(69)38-57(54)85-58)42-74-62(77)60(63(74)84-44-66)71-61(76)59(73-81-68(49-26-14-5-15-27-49,50-28-16-6-17-29-50)51-30-18-7-19-31-51)55-41-82-65(70-55)72-67(46-20-8-2-9-21-46,47-22-10-3-11-23-47)48-24-12-4-13-25-48/h2-39,41,60,63H,40,42-44H2,1H3,(H,70,72)(H,71,76)/t60?,63-,66?/m1/s1. The third-order valence-corrected chi connectivity index (χ3v) is 20.2. The molecule has 2 aliphatic heterocycles. The van der Waals surface area contributed by atoms with Gasteiger partial charge in [0.15, 0.2) is 16.3 Å². The van der Waals surface area contributed by atoms with Crippen LogP contribution in [0.25, 0.3) is 10.1 Å². The number of amides is 2. The normalized spacial score (nSPS) is 16.8. The van der Waals surface area contributed by atoms with Crippen molar-refractivity contribution in [2.24, 2.45) is 10.6 Å². The van der Waals surface area contributed by atoms with Crippen molar-refractivity contribution in [3.63, 3.8) is 0 Å². The molecule has 85 heavy (non-hydrogen) atoms. The van der Waals surface area contributed by atoms with Gasteiger partial charge in [-0.15, -0.1) is 46.2 Å². The number of carbonyl (C=O) groups is 3. The minimum Gasteiger partial charge on any atom is -0.497 e. The number of hydrogen-bond donors (Lipinski definition) is 2. The third-order valence-electron chi connectivity index (χ3n) is 15.2. The maximum Gasteiger partial charge on any atom is 0.315 e. The van der Waals surface area contributed by atoms with Crippen LogP contribution in [-0.2, 0) is 41.7 Å². The second-order valence-electron chi connectivity index (χ2n) is 20.5. The van der Waals surface area contributed by atoms with E-state index >= 15 is 4.79 Å². The number of aromatic nitrogens is 1. The molecule has 3 atom stereocenters. The van der Waals surface area contributed by atoms with Crippen LogP contribution in [0.15, 0.2) is 250 Å². The molecule has 12 nitrogen and oxygen atoms in total. The molecule has 2 aromatic heterocycles. The Hall–Kier alpha value is -8.87. The van der Waals surface area contributed by atoms with Gasteiger partial charge in [0.1, 0.15) is 46.2 Å². The first-order valence-electron chi connectivity index (χ1n) is 27.3. The van der Waals surface area contributed by atoms with Crippen LogP contribution in [0.5, 0.6) is 5.75 Å². The van der Waals surface area contributed by atoms with E-state index in [1.54, 1.807) is 41.7 Å². The van der Waals surface area contributed by atoms with E-state index in [-0.39, 0.29) is 41.5 Å². The first kappa shape index (κ1) is 56.6. The molecule has 0 spiro atoms. The number of thiazole rings is 1. The first-order chi connectivity index (χ1) is 41.6. The molecule has 17 heteroatoms. The zero-order valence-corrected chi connectivity index (χ0v) is 49.0. The molecule has 2 unspecified atom stereocenters. The molecule has 4 heterocycles. The lowest BCUT2D eigenvalue weighted by Crippen LogP contribution is -2.74. The van der Waals surface area contributed by atoms with E-state index in [0.717, 1.165) is 38.9 Å². The van der Waals surface area contributed by atoms with Crippen molar-refractivity contribution >= 4 is 84.9 Å². The maximum atomic E-state index is 15.5. The molecule has 2 amide bonds. The molecule has 0 radical (unpaired) electrons. The minimum absolute atomic E-state index is 0.0354. The Balaban J connectivity index is 0.891. The lowest BCUT2D eigenvalue weighted by atomic mass is 9.77. The van der Waals surface area contributed by atoms with Crippen LogP contribution in [-0.4, -0.2) is 70.0 Å². The van der Waals surface area contributed by atoms with Crippen molar-refractivity contribution < 1.29 is 33.1 Å². The summed E-state index contributed by atoms with van der Waals surface area (Å²) in [6.07, 6.45) is 0. The number of thioether (sulfide) groups is 2. The number of carbonyl (C=O) groups excluding carboxylic acids is 3. The second-order valence-corrected chi connectivity index (χ2v) is 24.8. The van der Waals surface area contributed by atoms with Gasteiger partial charge in [0, 0.05) is 56.3 Å². The number of esters is 1. The van der Waals surface area contributed by atoms with Crippen LogP contribution in [0.3, 0.4) is 0 Å². The summed E-state index contributed by atoms with van der Waals surface area (Å²) in [6, 6.07) is 71.0. The third kappa shape index (κ3) is 11.4. The number of methoxy groups -OCH3 is 1. The fourth-order valence-corrected chi connectivity index (χ4v) is 15.7. The molecule has 8 aromatic carbocycles. The average molecular weight is 1200 g/mol. The number of nitrogens with zero attached hydrogens (tertiary/aromatic N) is 3. The number of nitrogens with one attached hydrogen (secondary N) is 2. The van der Waals surface area contributed by atoms with Gasteiger partial charge in [-0.05, 0) is 52.6 Å². The van der Waals surface area contributed by atoms with Crippen LogP contribution in [0.1, 0.15) is 44.6 Å². The predicted molar refractivity (Wildman–Crippen MR) is 336 cm³/mol. The van der Waals surface area contributed by atoms with Crippen LogP contribution in [0, 0.1) is 11.2 Å². The van der Waals surface area contributed by atoms with Crippen molar-refractivity contribution in [3.05, 3.63) is 297 Å². The van der Waals surface area contributed by atoms with Gasteiger partial charge >= 0.3 is 5.97 Å². The van der Waals surface area contributed by atoms with Crippen molar-refractivity contribution in [1.82, 2.24) is 15.2 Å². The second kappa shape index (κ2) is 24.8. The number of benzene rings is 8. The van der Waals surface area contributed by atoms with Gasteiger partial charge in [-0.25, -0.2) is 9.37 Å². The number of hydrogen-bond acceptors (Lipinski definition) is 14. The summed E-state index contributed by atoms with van der Waals surface area (Å²) in [5.74, 6) is -1.15. The largest absolute Gasteiger partial charge is 0.497 e. The summed E-state index contributed by atoms with van der Waals surface area (Å²) in [4.78, 5) is 71.8. The molecule has 2 N–H and O–H groups in total. The van der Waals surface area contributed by atoms with Crippen LogP contribution in [0.2, 0.25) is 0 Å². The van der Waals surface area contributed by atoms with Gasteiger partial charge in [0.05, 0.1) is 11.3 Å². The summed E-state index contributed by atoms with van der Waals surface area (Å²) in [7, 11) is 1.57. The predicted octanol–water partition coefficient (Wildman–Crippen LogP) is 12.9. The Morgan fingerprint density at radius 3 is 1.80 bits per heavy atom. The monoisotopic (exact) mass is 1200 g/mol. The highest BCUT2D eigenvalue weighted by Gasteiger charge is 2.58. The van der Waals surface area contributed by atoms with E-state index in [4.69, 9.17) is 24.5 Å². The van der Waals surface area contributed by atoms with Gasteiger partial charge in [-0.3, -0.25) is 19.2 Å². The van der Waals surface area contributed by atoms with Crippen LogP contribution < -0.4 is 20.8 Å². The summed E-state index contributed by atoms with van der Waals surface area (Å²) in [6.45, 7) is -0.0746. The van der Waals surface area contributed by atoms with Crippen molar-refractivity contribution in [2.45, 2.75) is 33.4 Å². The van der Waals surface area contributed by atoms with E-state index in [1.165, 1.54) is 70.5 Å². The molecule has 10 aromatic rings. The summed E-state index contributed by atoms with van der Waals surface area (Å²) >= 11 is 5.17. The molecule has 0 saturated carbocycles. The van der Waals surface area contributed by atoms with Crippen molar-refractivity contribution in [2.75, 3.05) is 30.5 Å². The molecule has 2 saturated heterocycles. The van der Waals surface area contributed by atoms with Crippen LogP contribution >= 0.6 is 46.2 Å². The minimum atomic E-state index is -1.39. The number of anilines is 1. The van der Waals surface area contributed by atoms with E-state index in [1.807, 2.05) is 146 Å². The smallest absolute Gasteiger partial charge is 0.315 e. The summed E-state index contributed by atoms with van der Waals surface area (Å²) in [5, 5.41) is 13.8. The van der Waals surface area contributed by atoms with Gasteiger partial charge in [0.25, 0.3) is 5.91 Å². The molecule has 0 bridgehead atoms. The highest BCUT2D eigenvalue weighted by Crippen LogP contribution is 2.47. The maximum absolute atomic E-state index is 15.5. The number of oxime groups is 1. The lowest BCUT2D eigenvalue weighted by Gasteiger charge is -2.54. The molecular weight excluding hydrogens is 1150 g/mol. The van der Waals surface area contributed by atoms with Crippen LogP contribution in [0.4, 0.5) is 9.52 Å². The molecule has 0 aliphatic carbocycles. The molecular formula is C68H54FN5O7S4. The summed E-state index contributed by atoms with van der Waals surface area (Å²) in [5.41, 5.74) is 1.93. The Morgan fingerprint density at radius 2 is 1.26 bits per heavy atom. The zero-order chi connectivity index (χ0) is 58.4. The van der Waals surface area contributed by atoms with E-state index in [9.17, 15) is 18.8 Å². The molecule has 12 rings (SSSR count). The van der Waals surface area contributed by atoms with Gasteiger partial charge in [-0.2, -0.15) is 0 Å². The Kier molecular flexibility index (Phi) is 16.5. The van der Waals surface area contributed by atoms with Gasteiger partial charge in [0.2, 0.25) is 11.5 Å². The molecule has 2 aliphatic rings. The van der Waals surface area contributed by atoms with Crippen molar-refractivity contribution in [1.29, 1.82) is 0 Å². The first-order valence-corrected chi connectivity index (χ1v) is 31.0. The number of fused-ring (bicyclic) bond motifs is 2. The van der Waals surface area contributed by atoms with Crippen molar-refractivity contribution in [3.8, 4) is 5.75 Å². The Labute approximate surface area is 506 Å². The quantitative estimate of drug-likeness (QED) is 0.0188.